The molecule has 6 heteroatoms. The third kappa shape index (κ3) is 3.75. The van der Waals surface area contributed by atoms with Crippen molar-refractivity contribution in [3.8, 4) is 0 Å². The zero-order valence-corrected chi connectivity index (χ0v) is 14.0. The van der Waals surface area contributed by atoms with Gasteiger partial charge in [-0.15, -0.1) is 0 Å². The van der Waals surface area contributed by atoms with Gasteiger partial charge in [-0.2, -0.15) is 5.10 Å². The van der Waals surface area contributed by atoms with Gasteiger partial charge in [-0.25, -0.2) is 0 Å². The minimum atomic E-state index is 0.362. The van der Waals surface area contributed by atoms with Gasteiger partial charge in [0.05, 0.1) is 18.5 Å². The summed E-state index contributed by atoms with van der Waals surface area (Å²) in [5.74, 6) is 1.70. The summed E-state index contributed by atoms with van der Waals surface area (Å²) in [6.45, 7) is 4.95. The normalized spacial score (nSPS) is 18.1. The van der Waals surface area contributed by atoms with Crippen LogP contribution in [0.3, 0.4) is 0 Å². The molecule has 1 aliphatic carbocycles. The number of aliphatic imine (C=N–C) groups is 1. The molecule has 2 aromatic heterocycles. The van der Waals surface area contributed by atoms with E-state index < -0.39 is 0 Å². The number of furan rings is 1. The molecule has 0 radical (unpaired) electrons. The molecule has 0 saturated heterocycles. The Morgan fingerprint density at radius 2 is 2.39 bits per heavy atom. The highest BCUT2D eigenvalue weighted by atomic mass is 16.3. The van der Waals surface area contributed by atoms with Crippen molar-refractivity contribution >= 4 is 5.96 Å². The van der Waals surface area contributed by atoms with E-state index in [1.165, 1.54) is 11.3 Å². The lowest BCUT2D eigenvalue weighted by atomic mass is 9.94. The Hall–Kier alpha value is -2.24. The standard InChI is InChI=1S/C17H25N5O/c1-12(2)22-11-13-6-7-14(9-16(13)21-22)20-17(18-3)19-10-15-5-4-8-23-15/h4-5,8,11-12,14H,6-7,9-10H2,1-3H3,(H2,18,19,20). The van der Waals surface area contributed by atoms with E-state index in [0.717, 1.165) is 31.0 Å². The van der Waals surface area contributed by atoms with E-state index >= 15 is 0 Å². The predicted octanol–water partition coefficient (Wildman–Crippen LogP) is 2.28. The molecule has 23 heavy (non-hydrogen) atoms. The van der Waals surface area contributed by atoms with Crippen molar-refractivity contribution in [1.82, 2.24) is 20.4 Å². The van der Waals surface area contributed by atoms with Gasteiger partial charge in [0, 0.05) is 31.7 Å². The molecule has 0 aliphatic heterocycles. The van der Waals surface area contributed by atoms with Crippen molar-refractivity contribution < 1.29 is 4.42 Å². The Morgan fingerprint density at radius 1 is 1.52 bits per heavy atom. The molecule has 0 saturated carbocycles. The molecule has 0 fully saturated rings. The van der Waals surface area contributed by atoms with Crippen molar-refractivity contribution in [1.29, 1.82) is 0 Å². The fourth-order valence-electron chi connectivity index (χ4n) is 2.87. The summed E-state index contributed by atoms with van der Waals surface area (Å²) < 4.78 is 7.40. The number of guanidine groups is 1. The van der Waals surface area contributed by atoms with Gasteiger partial charge >= 0.3 is 0 Å². The number of nitrogens with one attached hydrogen (secondary N) is 2. The van der Waals surface area contributed by atoms with E-state index in [2.05, 4.69) is 40.4 Å². The highest BCUT2D eigenvalue weighted by Gasteiger charge is 2.22. The third-order valence-electron chi connectivity index (χ3n) is 4.20. The molecule has 0 bridgehead atoms. The Kier molecular flexibility index (Phi) is 4.69. The minimum absolute atomic E-state index is 0.362. The second-order valence-electron chi connectivity index (χ2n) is 6.26. The second kappa shape index (κ2) is 6.89. The number of fused-ring (bicyclic) bond motifs is 1. The summed E-state index contributed by atoms with van der Waals surface area (Å²) in [4.78, 5) is 4.30. The quantitative estimate of drug-likeness (QED) is 0.671. The summed E-state index contributed by atoms with van der Waals surface area (Å²) in [5, 5.41) is 11.5. The molecule has 124 valence electrons. The molecule has 0 amide bonds. The number of nitrogens with zero attached hydrogens (tertiary/aromatic N) is 3. The van der Waals surface area contributed by atoms with E-state index in [9.17, 15) is 0 Å². The molecule has 1 atom stereocenters. The summed E-state index contributed by atoms with van der Waals surface area (Å²) in [6.07, 6.45) is 6.98. The van der Waals surface area contributed by atoms with E-state index in [0.29, 0.717) is 18.6 Å². The van der Waals surface area contributed by atoms with Gasteiger partial charge in [-0.3, -0.25) is 9.67 Å². The van der Waals surface area contributed by atoms with Crippen LogP contribution in [0.25, 0.3) is 0 Å². The van der Waals surface area contributed by atoms with E-state index in [4.69, 9.17) is 9.52 Å². The number of aromatic nitrogens is 2. The first-order chi connectivity index (χ1) is 11.2. The molecule has 1 unspecified atom stereocenters. The lowest BCUT2D eigenvalue weighted by molar-refractivity contribution is 0.487. The maximum Gasteiger partial charge on any atom is 0.191 e. The number of aryl methyl sites for hydroxylation is 1. The second-order valence-corrected chi connectivity index (χ2v) is 6.26. The van der Waals surface area contributed by atoms with Crippen molar-refractivity contribution in [2.45, 2.75) is 51.7 Å². The number of hydrogen-bond donors (Lipinski definition) is 2. The average molecular weight is 315 g/mol. The van der Waals surface area contributed by atoms with Gasteiger partial charge < -0.3 is 15.1 Å². The fraction of sp³-hybridized carbons (Fsp3) is 0.529. The molecule has 2 N–H and O–H groups in total. The average Bonchev–Trinajstić information content (AvgIpc) is 3.20. The smallest absolute Gasteiger partial charge is 0.191 e. The van der Waals surface area contributed by atoms with E-state index in [1.54, 1.807) is 13.3 Å². The Bertz CT molecular complexity index is 657. The van der Waals surface area contributed by atoms with Crippen molar-refractivity contribution in [2.24, 2.45) is 4.99 Å². The van der Waals surface area contributed by atoms with Gasteiger partial charge in [0.2, 0.25) is 0 Å². The van der Waals surface area contributed by atoms with Crippen LogP contribution in [0.15, 0.2) is 34.0 Å². The number of hydrogen-bond acceptors (Lipinski definition) is 3. The fourth-order valence-corrected chi connectivity index (χ4v) is 2.87. The SMILES string of the molecule is CN=C(NCc1ccco1)NC1CCc2cn(C(C)C)nc2C1. The molecule has 6 nitrogen and oxygen atoms in total. The predicted molar refractivity (Wildman–Crippen MR) is 90.5 cm³/mol. The van der Waals surface area contributed by atoms with Gasteiger partial charge in [0.25, 0.3) is 0 Å². The van der Waals surface area contributed by atoms with Crippen molar-refractivity contribution in [2.75, 3.05) is 7.05 Å². The third-order valence-corrected chi connectivity index (χ3v) is 4.20. The molecule has 3 rings (SSSR count). The van der Waals surface area contributed by atoms with Crippen LogP contribution < -0.4 is 10.6 Å². The van der Waals surface area contributed by atoms with Crippen LogP contribution >= 0.6 is 0 Å². The van der Waals surface area contributed by atoms with Crippen LogP contribution in [0.4, 0.5) is 0 Å². The van der Waals surface area contributed by atoms with Crippen LogP contribution in [0, 0.1) is 0 Å². The zero-order valence-electron chi connectivity index (χ0n) is 14.0. The monoisotopic (exact) mass is 315 g/mol. The van der Waals surface area contributed by atoms with Gasteiger partial charge in [-0.05, 0) is 44.4 Å². The van der Waals surface area contributed by atoms with Gasteiger partial charge in [0.1, 0.15) is 5.76 Å². The Morgan fingerprint density at radius 3 is 3.09 bits per heavy atom. The highest BCUT2D eigenvalue weighted by Crippen LogP contribution is 2.21. The van der Waals surface area contributed by atoms with Crippen molar-refractivity contribution in [3.63, 3.8) is 0 Å². The molecular formula is C17H25N5O. The summed E-state index contributed by atoms with van der Waals surface area (Å²) in [5.41, 5.74) is 2.60. The first kappa shape index (κ1) is 15.6. The van der Waals surface area contributed by atoms with Crippen LogP contribution in [-0.4, -0.2) is 28.8 Å². The van der Waals surface area contributed by atoms with Crippen LogP contribution in [0.1, 0.15) is 43.3 Å². The van der Waals surface area contributed by atoms with Gasteiger partial charge in [0.15, 0.2) is 5.96 Å². The van der Waals surface area contributed by atoms with Gasteiger partial charge in [-0.1, -0.05) is 0 Å². The topological polar surface area (TPSA) is 67.4 Å². The first-order valence-electron chi connectivity index (χ1n) is 8.22. The summed E-state index contributed by atoms with van der Waals surface area (Å²) >= 11 is 0. The zero-order chi connectivity index (χ0) is 16.2. The van der Waals surface area contributed by atoms with Crippen LogP contribution in [-0.2, 0) is 19.4 Å². The Labute approximate surface area is 137 Å². The highest BCUT2D eigenvalue weighted by molar-refractivity contribution is 5.79. The minimum Gasteiger partial charge on any atom is -0.467 e. The molecule has 1 aliphatic rings. The number of rotatable bonds is 4. The Balaban J connectivity index is 1.57. The largest absolute Gasteiger partial charge is 0.467 e. The molecule has 2 aromatic rings. The molecule has 0 aromatic carbocycles. The van der Waals surface area contributed by atoms with Crippen LogP contribution in [0.5, 0.6) is 0 Å². The molecule has 0 spiro atoms. The first-order valence-corrected chi connectivity index (χ1v) is 8.22. The van der Waals surface area contributed by atoms with E-state index in [-0.39, 0.29) is 0 Å². The maximum atomic E-state index is 5.33. The lowest BCUT2D eigenvalue weighted by Crippen LogP contribution is -2.45. The van der Waals surface area contributed by atoms with Crippen molar-refractivity contribution in [3.05, 3.63) is 41.6 Å². The molecule has 2 heterocycles. The van der Waals surface area contributed by atoms with Crippen LogP contribution in [0.2, 0.25) is 0 Å². The molecular weight excluding hydrogens is 290 g/mol. The van der Waals surface area contributed by atoms with E-state index in [1.807, 2.05) is 12.1 Å². The maximum absolute atomic E-state index is 5.33. The summed E-state index contributed by atoms with van der Waals surface area (Å²) in [7, 11) is 1.79. The summed E-state index contributed by atoms with van der Waals surface area (Å²) in [6, 6.07) is 4.61. The lowest BCUT2D eigenvalue weighted by Gasteiger charge is -2.24.